The monoisotopic (exact) mass is 196 g/mol. The molecule has 0 fully saturated rings. The summed E-state index contributed by atoms with van der Waals surface area (Å²) < 4.78 is 0. The highest BCUT2D eigenvalue weighted by atomic mass is 14.1. The normalized spacial score (nSPS) is 14.9. The first-order valence-corrected chi connectivity index (χ1v) is 6.17. The van der Waals surface area contributed by atoms with Crippen LogP contribution in [0.15, 0.2) is 12.2 Å². The minimum absolute atomic E-state index is 0.350. The predicted molar refractivity (Wildman–Crippen MR) is 66.5 cm³/mol. The van der Waals surface area contributed by atoms with Crippen LogP contribution in [0.5, 0.6) is 0 Å². The Morgan fingerprint density at radius 1 is 1.14 bits per heavy atom. The second-order valence-corrected chi connectivity index (χ2v) is 5.42. The Kier molecular flexibility index (Phi) is 6.96. The standard InChI is InChI=1S/C14H28/c1-6-8-10-13(7-2)11-9-12-14(3,4)5/h9,12-13H,6-8,10-11H2,1-5H3/b12-9+. The Labute approximate surface area is 90.8 Å². The van der Waals surface area contributed by atoms with E-state index in [-0.39, 0.29) is 0 Å². The number of hydrogen-bond donors (Lipinski definition) is 0. The molecule has 0 N–H and O–H groups in total. The van der Waals surface area contributed by atoms with Gasteiger partial charge >= 0.3 is 0 Å². The lowest BCUT2D eigenvalue weighted by Crippen LogP contribution is -2.01. The van der Waals surface area contributed by atoms with E-state index in [2.05, 4.69) is 46.8 Å². The summed E-state index contributed by atoms with van der Waals surface area (Å²) in [5.41, 5.74) is 0.350. The second-order valence-electron chi connectivity index (χ2n) is 5.42. The Morgan fingerprint density at radius 3 is 2.21 bits per heavy atom. The van der Waals surface area contributed by atoms with Crippen molar-refractivity contribution >= 4 is 0 Å². The van der Waals surface area contributed by atoms with Gasteiger partial charge in [0.15, 0.2) is 0 Å². The van der Waals surface area contributed by atoms with E-state index in [0.29, 0.717) is 5.41 Å². The molecule has 0 saturated heterocycles. The SMILES string of the molecule is CCCCC(CC)C/C=C/C(C)(C)C. The van der Waals surface area contributed by atoms with Gasteiger partial charge in [0, 0.05) is 0 Å². The predicted octanol–water partition coefficient (Wildman–Crippen LogP) is 5.20. The van der Waals surface area contributed by atoms with Crippen LogP contribution in [0.25, 0.3) is 0 Å². The maximum atomic E-state index is 2.38. The Morgan fingerprint density at radius 2 is 1.79 bits per heavy atom. The molecule has 0 aromatic carbocycles. The Balaban J connectivity index is 3.77. The fraction of sp³-hybridized carbons (Fsp3) is 0.857. The largest absolute Gasteiger partial charge is 0.0877 e. The van der Waals surface area contributed by atoms with Crippen LogP contribution in [0, 0.1) is 11.3 Å². The van der Waals surface area contributed by atoms with Crippen LogP contribution >= 0.6 is 0 Å². The van der Waals surface area contributed by atoms with Crippen molar-refractivity contribution in [3.05, 3.63) is 12.2 Å². The molecule has 1 atom stereocenters. The van der Waals surface area contributed by atoms with E-state index in [1.54, 1.807) is 0 Å². The molecule has 0 aliphatic rings. The van der Waals surface area contributed by atoms with Gasteiger partial charge in [-0.3, -0.25) is 0 Å². The molecule has 0 heteroatoms. The van der Waals surface area contributed by atoms with Crippen molar-refractivity contribution < 1.29 is 0 Å². The van der Waals surface area contributed by atoms with E-state index in [1.807, 2.05) is 0 Å². The van der Waals surface area contributed by atoms with Gasteiger partial charge in [-0.2, -0.15) is 0 Å². The van der Waals surface area contributed by atoms with Crippen molar-refractivity contribution in [2.45, 2.75) is 66.7 Å². The highest BCUT2D eigenvalue weighted by Gasteiger charge is 2.06. The summed E-state index contributed by atoms with van der Waals surface area (Å²) in [5, 5.41) is 0. The molecule has 0 heterocycles. The van der Waals surface area contributed by atoms with Gasteiger partial charge < -0.3 is 0 Å². The van der Waals surface area contributed by atoms with Crippen molar-refractivity contribution in [3.8, 4) is 0 Å². The molecule has 0 nitrogen and oxygen atoms in total. The van der Waals surface area contributed by atoms with Crippen molar-refractivity contribution in [2.24, 2.45) is 11.3 Å². The molecule has 84 valence electrons. The molecule has 0 aromatic rings. The third-order valence-electron chi connectivity index (χ3n) is 2.63. The first kappa shape index (κ1) is 13.7. The average Bonchev–Trinajstić information content (AvgIpc) is 2.09. The summed E-state index contributed by atoms with van der Waals surface area (Å²) in [6.45, 7) is 11.4. The van der Waals surface area contributed by atoms with Crippen LogP contribution in [-0.2, 0) is 0 Å². The molecular weight excluding hydrogens is 168 g/mol. The second kappa shape index (κ2) is 7.09. The zero-order valence-electron chi connectivity index (χ0n) is 10.8. The smallest absolute Gasteiger partial charge is 0.0203 e. The minimum Gasteiger partial charge on any atom is -0.0877 e. The first-order valence-electron chi connectivity index (χ1n) is 6.17. The number of hydrogen-bond acceptors (Lipinski definition) is 0. The van der Waals surface area contributed by atoms with E-state index in [0.717, 1.165) is 5.92 Å². The van der Waals surface area contributed by atoms with Gasteiger partial charge in [0.1, 0.15) is 0 Å². The fourth-order valence-electron chi connectivity index (χ4n) is 1.60. The van der Waals surface area contributed by atoms with E-state index in [4.69, 9.17) is 0 Å². The molecule has 0 aromatic heterocycles. The van der Waals surface area contributed by atoms with Crippen LogP contribution in [0.4, 0.5) is 0 Å². The van der Waals surface area contributed by atoms with Gasteiger partial charge in [-0.25, -0.2) is 0 Å². The lowest BCUT2D eigenvalue weighted by Gasteiger charge is -2.14. The van der Waals surface area contributed by atoms with Crippen molar-refractivity contribution in [2.75, 3.05) is 0 Å². The molecule has 1 unspecified atom stereocenters. The van der Waals surface area contributed by atoms with Crippen molar-refractivity contribution in [1.82, 2.24) is 0 Å². The summed E-state index contributed by atoms with van der Waals surface area (Å²) in [6, 6.07) is 0. The van der Waals surface area contributed by atoms with Gasteiger partial charge in [-0.1, -0.05) is 72.5 Å². The summed E-state index contributed by atoms with van der Waals surface area (Å²) in [4.78, 5) is 0. The third kappa shape index (κ3) is 8.34. The fourth-order valence-corrected chi connectivity index (χ4v) is 1.60. The molecule has 0 aliphatic carbocycles. The number of unbranched alkanes of at least 4 members (excludes halogenated alkanes) is 1. The zero-order chi connectivity index (χ0) is 11.0. The van der Waals surface area contributed by atoms with Crippen molar-refractivity contribution in [3.63, 3.8) is 0 Å². The van der Waals surface area contributed by atoms with Crippen LogP contribution in [0.1, 0.15) is 66.7 Å². The average molecular weight is 196 g/mol. The first-order chi connectivity index (χ1) is 6.49. The molecule has 0 saturated carbocycles. The molecule has 0 aliphatic heterocycles. The van der Waals surface area contributed by atoms with E-state index < -0.39 is 0 Å². The zero-order valence-corrected chi connectivity index (χ0v) is 10.8. The van der Waals surface area contributed by atoms with Gasteiger partial charge in [-0.05, 0) is 17.8 Å². The van der Waals surface area contributed by atoms with E-state index >= 15 is 0 Å². The van der Waals surface area contributed by atoms with Crippen molar-refractivity contribution in [1.29, 1.82) is 0 Å². The summed E-state index contributed by atoms with van der Waals surface area (Å²) in [5.74, 6) is 0.911. The number of rotatable bonds is 6. The molecule has 0 rings (SSSR count). The van der Waals surface area contributed by atoms with Gasteiger partial charge in [-0.15, -0.1) is 0 Å². The summed E-state index contributed by atoms with van der Waals surface area (Å²) >= 11 is 0. The van der Waals surface area contributed by atoms with E-state index in [9.17, 15) is 0 Å². The lowest BCUT2D eigenvalue weighted by atomic mass is 9.92. The summed E-state index contributed by atoms with van der Waals surface area (Å²) in [6.07, 6.45) is 11.5. The van der Waals surface area contributed by atoms with Crippen LogP contribution in [0.2, 0.25) is 0 Å². The van der Waals surface area contributed by atoms with Gasteiger partial charge in [0.2, 0.25) is 0 Å². The van der Waals surface area contributed by atoms with Gasteiger partial charge in [0.05, 0.1) is 0 Å². The molecule has 0 radical (unpaired) electrons. The maximum absolute atomic E-state index is 2.38. The lowest BCUT2D eigenvalue weighted by molar-refractivity contribution is 0.452. The van der Waals surface area contributed by atoms with Gasteiger partial charge in [0.25, 0.3) is 0 Å². The quantitative estimate of drug-likeness (QED) is 0.512. The van der Waals surface area contributed by atoms with Crippen LogP contribution in [-0.4, -0.2) is 0 Å². The highest BCUT2D eigenvalue weighted by molar-refractivity contribution is 4.92. The topological polar surface area (TPSA) is 0 Å². The van der Waals surface area contributed by atoms with Crippen LogP contribution < -0.4 is 0 Å². The molecule has 0 amide bonds. The molecule has 0 spiro atoms. The summed E-state index contributed by atoms with van der Waals surface area (Å²) in [7, 11) is 0. The highest BCUT2D eigenvalue weighted by Crippen LogP contribution is 2.20. The van der Waals surface area contributed by atoms with Crippen LogP contribution in [0.3, 0.4) is 0 Å². The maximum Gasteiger partial charge on any atom is -0.0203 e. The van der Waals surface area contributed by atoms with E-state index in [1.165, 1.54) is 32.1 Å². The minimum atomic E-state index is 0.350. The third-order valence-corrected chi connectivity index (χ3v) is 2.63. The molecular formula is C14H28. The Bertz CT molecular complexity index is 148. The number of allylic oxidation sites excluding steroid dienone is 2. The molecule has 14 heavy (non-hydrogen) atoms. The Hall–Kier alpha value is -0.260. The molecule has 0 bridgehead atoms.